The van der Waals surface area contributed by atoms with Crippen molar-refractivity contribution in [3.63, 3.8) is 0 Å². The average Bonchev–Trinajstić information content (AvgIpc) is 2.41. The van der Waals surface area contributed by atoms with Crippen LogP contribution in [0, 0.1) is 23.7 Å². The van der Waals surface area contributed by atoms with Crippen molar-refractivity contribution in [2.45, 2.75) is 65.8 Å². The fourth-order valence-electron chi connectivity index (χ4n) is 4.42. The summed E-state index contributed by atoms with van der Waals surface area (Å²) in [5.74, 6) is 3.60. The van der Waals surface area contributed by atoms with Gasteiger partial charge in [0.25, 0.3) is 0 Å². The topological polar surface area (TPSA) is 15.3 Å². The van der Waals surface area contributed by atoms with Crippen molar-refractivity contribution in [2.75, 3.05) is 26.2 Å². The molecule has 0 amide bonds. The first-order chi connectivity index (χ1) is 9.60. The van der Waals surface area contributed by atoms with E-state index in [0.29, 0.717) is 0 Å². The van der Waals surface area contributed by atoms with E-state index in [4.69, 9.17) is 0 Å². The summed E-state index contributed by atoms with van der Waals surface area (Å²) in [6.45, 7) is 14.7. The normalized spacial score (nSPS) is 36.5. The van der Waals surface area contributed by atoms with Gasteiger partial charge in [0.15, 0.2) is 0 Å². The van der Waals surface area contributed by atoms with Crippen LogP contribution in [0.1, 0.15) is 59.8 Å². The highest BCUT2D eigenvalue weighted by Gasteiger charge is 2.33. The summed E-state index contributed by atoms with van der Waals surface area (Å²) in [7, 11) is 0. The Morgan fingerprint density at radius 2 is 2.00 bits per heavy atom. The molecule has 1 heterocycles. The number of nitrogens with zero attached hydrogens (tertiary/aromatic N) is 1. The minimum atomic E-state index is 0.771. The number of rotatable bonds is 5. The first-order valence-electron chi connectivity index (χ1n) is 9.05. The second-order valence-electron chi connectivity index (χ2n) is 7.75. The maximum atomic E-state index is 3.77. The van der Waals surface area contributed by atoms with Crippen molar-refractivity contribution < 1.29 is 0 Å². The summed E-state index contributed by atoms with van der Waals surface area (Å²) < 4.78 is 0. The molecule has 2 nitrogen and oxygen atoms in total. The van der Waals surface area contributed by atoms with Gasteiger partial charge in [0, 0.05) is 19.1 Å². The van der Waals surface area contributed by atoms with Crippen LogP contribution in [0.5, 0.6) is 0 Å². The van der Waals surface area contributed by atoms with Crippen LogP contribution >= 0.6 is 0 Å². The minimum Gasteiger partial charge on any atom is -0.314 e. The van der Waals surface area contributed by atoms with E-state index >= 15 is 0 Å². The quantitative estimate of drug-likeness (QED) is 0.824. The maximum absolute atomic E-state index is 3.77. The molecule has 1 aliphatic carbocycles. The first kappa shape index (κ1) is 16.3. The number of likely N-dealkylation sites (tertiary alicyclic amines) is 1. The van der Waals surface area contributed by atoms with Gasteiger partial charge in [-0.25, -0.2) is 0 Å². The number of nitrogens with one attached hydrogen (secondary N) is 1. The van der Waals surface area contributed by atoms with Crippen LogP contribution in [0.15, 0.2) is 0 Å². The van der Waals surface area contributed by atoms with E-state index in [-0.39, 0.29) is 0 Å². The lowest BCUT2D eigenvalue weighted by atomic mass is 9.73. The first-order valence-corrected chi connectivity index (χ1v) is 9.05. The molecule has 0 radical (unpaired) electrons. The molecule has 20 heavy (non-hydrogen) atoms. The fourth-order valence-corrected chi connectivity index (χ4v) is 4.42. The van der Waals surface area contributed by atoms with E-state index in [0.717, 1.165) is 36.3 Å². The summed E-state index contributed by atoms with van der Waals surface area (Å²) in [5, 5.41) is 3.77. The number of hydrogen-bond donors (Lipinski definition) is 1. The van der Waals surface area contributed by atoms with Gasteiger partial charge in [-0.15, -0.1) is 0 Å². The molecule has 118 valence electrons. The van der Waals surface area contributed by atoms with E-state index in [1.54, 1.807) is 0 Å². The van der Waals surface area contributed by atoms with Crippen molar-refractivity contribution in [3.8, 4) is 0 Å². The van der Waals surface area contributed by atoms with E-state index in [1.807, 2.05) is 0 Å². The lowest BCUT2D eigenvalue weighted by Gasteiger charge is -2.42. The third-order valence-electron chi connectivity index (χ3n) is 5.67. The lowest BCUT2D eigenvalue weighted by Crippen LogP contribution is -2.48. The second-order valence-corrected chi connectivity index (χ2v) is 7.75. The highest BCUT2D eigenvalue weighted by atomic mass is 15.1. The molecule has 2 fully saturated rings. The van der Waals surface area contributed by atoms with Gasteiger partial charge in [0.05, 0.1) is 0 Å². The smallest absolute Gasteiger partial charge is 0.0108 e. The molecule has 1 saturated heterocycles. The van der Waals surface area contributed by atoms with Gasteiger partial charge >= 0.3 is 0 Å². The zero-order chi connectivity index (χ0) is 14.5. The van der Waals surface area contributed by atoms with E-state index in [1.165, 1.54) is 51.7 Å². The number of piperidine rings is 1. The van der Waals surface area contributed by atoms with Gasteiger partial charge in [0.1, 0.15) is 0 Å². The largest absolute Gasteiger partial charge is 0.314 e. The van der Waals surface area contributed by atoms with E-state index in [9.17, 15) is 0 Å². The SMILES string of the molecule is CCNC1CCC(C(C)C)CC1CN1CCCC(C)C1. The standard InChI is InChI=1S/C18H36N2/c1-5-19-18-9-8-16(14(2)3)11-17(18)13-20-10-6-7-15(4)12-20/h14-19H,5-13H2,1-4H3. The molecule has 2 heteroatoms. The Balaban J connectivity index is 1.92. The average molecular weight is 280 g/mol. The predicted octanol–water partition coefficient (Wildman–Crippen LogP) is 3.77. The van der Waals surface area contributed by atoms with Gasteiger partial charge < -0.3 is 10.2 Å². The Morgan fingerprint density at radius 3 is 2.65 bits per heavy atom. The molecule has 0 spiro atoms. The molecular weight excluding hydrogens is 244 g/mol. The molecule has 2 aliphatic rings. The fraction of sp³-hybridized carbons (Fsp3) is 1.00. The molecule has 0 aromatic carbocycles. The summed E-state index contributed by atoms with van der Waals surface area (Å²) in [4.78, 5) is 2.76. The third-order valence-corrected chi connectivity index (χ3v) is 5.67. The monoisotopic (exact) mass is 280 g/mol. The van der Waals surface area contributed by atoms with Gasteiger partial charge in [-0.2, -0.15) is 0 Å². The van der Waals surface area contributed by atoms with Gasteiger partial charge in [0.2, 0.25) is 0 Å². The third kappa shape index (κ3) is 4.46. The van der Waals surface area contributed by atoms with Crippen molar-refractivity contribution in [1.82, 2.24) is 10.2 Å². The second kappa shape index (κ2) is 7.79. The van der Waals surface area contributed by atoms with Crippen molar-refractivity contribution in [1.29, 1.82) is 0 Å². The molecule has 4 unspecified atom stereocenters. The zero-order valence-electron chi connectivity index (χ0n) is 14.2. The Morgan fingerprint density at radius 1 is 1.20 bits per heavy atom. The molecule has 4 atom stereocenters. The van der Waals surface area contributed by atoms with Crippen LogP contribution in [0.3, 0.4) is 0 Å². The minimum absolute atomic E-state index is 0.771. The van der Waals surface area contributed by atoms with Crippen LogP contribution in [-0.2, 0) is 0 Å². The molecule has 1 saturated carbocycles. The van der Waals surface area contributed by atoms with Crippen LogP contribution < -0.4 is 5.32 Å². The molecule has 0 aromatic heterocycles. The van der Waals surface area contributed by atoms with Crippen LogP contribution in [-0.4, -0.2) is 37.1 Å². The predicted molar refractivity (Wildman–Crippen MR) is 88.0 cm³/mol. The van der Waals surface area contributed by atoms with E-state index < -0.39 is 0 Å². The summed E-state index contributed by atoms with van der Waals surface area (Å²) >= 11 is 0. The maximum Gasteiger partial charge on any atom is 0.0108 e. The molecular formula is C18H36N2. The van der Waals surface area contributed by atoms with Crippen molar-refractivity contribution in [3.05, 3.63) is 0 Å². The summed E-state index contributed by atoms with van der Waals surface area (Å²) in [5.41, 5.74) is 0. The Kier molecular flexibility index (Phi) is 6.35. The van der Waals surface area contributed by atoms with Crippen LogP contribution in [0.4, 0.5) is 0 Å². The zero-order valence-corrected chi connectivity index (χ0v) is 14.2. The lowest BCUT2D eigenvalue weighted by molar-refractivity contribution is 0.0981. The highest BCUT2D eigenvalue weighted by molar-refractivity contribution is 4.88. The molecule has 2 rings (SSSR count). The number of hydrogen-bond acceptors (Lipinski definition) is 2. The van der Waals surface area contributed by atoms with Gasteiger partial charge in [-0.3, -0.25) is 0 Å². The van der Waals surface area contributed by atoms with Crippen molar-refractivity contribution >= 4 is 0 Å². The molecule has 0 bridgehead atoms. The van der Waals surface area contributed by atoms with Crippen LogP contribution in [0.25, 0.3) is 0 Å². The summed E-state index contributed by atoms with van der Waals surface area (Å²) in [6, 6.07) is 0.771. The van der Waals surface area contributed by atoms with Crippen LogP contribution in [0.2, 0.25) is 0 Å². The molecule has 1 aliphatic heterocycles. The molecule has 0 aromatic rings. The van der Waals surface area contributed by atoms with Gasteiger partial charge in [-0.1, -0.05) is 27.7 Å². The van der Waals surface area contributed by atoms with E-state index in [2.05, 4.69) is 37.9 Å². The van der Waals surface area contributed by atoms with Gasteiger partial charge in [-0.05, 0) is 68.9 Å². The summed E-state index contributed by atoms with van der Waals surface area (Å²) in [6.07, 6.45) is 7.12. The van der Waals surface area contributed by atoms with Crippen molar-refractivity contribution in [2.24, 2.45) is 23.7 Å². The Bertz CT molecular complexity index is 277. The highest BCUT2D eigenvalue weighted by Crippen LogP contribution is 2.35. The Hall–Kier alpha value is -0.0800. The Labute approximate surface area is 126 Å². The molecule has 1 N–H and O–H groups in total.